The molecule has 1 saturated carbocycles. The van der Waals surface area contributed by atoms with Crippen LogP contribution in [0.25, 0.3) is 0 Å². The fourth-order valence-electron chi connectivity index (χ4n) is 5.53. The highest BCUT2D eigenvalue weighted by atomic mass is 32.2. The van der Waals surface area contributed by atoms with Gasteiger partial charge in [0.15, 0.2) is 9.87 Å². The second kappa shape index (κ2) is 5.28. The maximum atomic E-state index is 12.0. The van der Waals surface area contributed by atoms with Crippen LogP contribution >= 0.6 is 11.8 Å². The van der Waals surface area contributed by atoms with Gasteiger partial charge in [-0.15, -0.1) is 0 Å². The molecular formula is C19H26O6S. The number of Topliss-reactive ketones (excluding diaryl/α,β-unsaturated/α-hetero) is 1. The van der Waals surface area contributed by atoms with Crippen molar-refractivity contribution in [3.8, 4) is 0 Å². The van der Waals surface area contributed by atoms with Crippen molar-refractivity contribution in [2.24, 2.45) is 16.7 Å². The van der Waals surface area contributed by atoms with Crippen LogP contribution in [0.3, 0.4) is 0 Å². The first-order valence-corrected chi connectivity index (χ1v) is 9.98. The van der Waals surface area contributed by atoms with Gasteiger partial charge in [0.1, 0.15) is 23.4 Å². The molecule has 26 heavy (non-hydrogen) atoms. The van der Waals surface area contributed by atoms with Crippen LogP contribution in [0.4, 0.5) is 0 Å². The highest BCUT2D eigenvalue weighted by Crippen LogP contribution is 2.67. The number of rotatable bonds is 0. The average molecular weight is 382 g/mol. The van der Waals surface area contributed by atoms with Gasteiger partial charge in [-0.1, -0.05) is 32.0 Å². The number of aliphatic hydroxyl groups excluding tert-OH is 3. The van der Waals surface area contributed by atoms with Gasteiger partial charge in [-0.25, -0.2) is 0 Å². The molecular weight excluding hydrogens is 356 g/mol. The number of ketones is 1. The van der Waals surface area contributed by atoms with Crippen LogP contribution in [0.15, 0.2) is 23.2 Å². The van der Waals surface area contributed by atoms with E-state index in [1.165, 1.54) is 0 Å². The lowest BCUT2D eigenvalue weighted by Gasteiger charge is -2.42. The van der Waals surface area contributed by atoms with Gasteiger partial charge >= 0.3 is 0 Å². The number of fused-ring (bicyclic) bond motifs is 2. The maximum Gasteiger partial charge on any atom is 0.197 e. The highest BCUT2D eigenvalue weighted by Gasteiger charge is 2.72. The van der Waals surface area contributed by atoms with Crippen LogP contribution in [0.1, 0.15) is 52.4 Å². The summed E-state index contributed by atoms with van der Waals surface area (Å²) in [7, 11) is 0. The monoisotopic (exact) mass is 382 g/mol. The first-order chi connectivity index (χ1) is 12.0. The minimum absolute atomic E-state index is 0.00587. The van der Waals surface area contributed by atoms with E-state index in [0.29, 0.717) is 36.6 Å². The predicted molar refractivity (Wildman–Crippen MR) is 96.3 cm³/mol. The van der Waals surface area contributed by atoms with E-state index in [2.05, 4.69) is 0 Å². The van der Waals surface area contributed by atoms with Gasteiger partial charge in [-0.05, 0) is 41.7 Å². The first-order valence-electron chi connectivity index (χ1n) is 9.16. The zero-order valence-corrected chi connectivity index (χ0v) is 15.8. The average Bonchev–Trinajstić information content (AvgIpc) is 2.88. The third-order valence-corrected chi connectivity index (χ3v) is 8.64. The fraction of sp³-hybridized carbons (Fsp3) is 0.737. The highest BCUT2D eigenvalue weighted by molar-refractivity contribution is 8.02. The van der Waals surface area contributed by atoms with Crippen LogP contribution < -0.4 is 0 Å². The molecule has 7 heteroatoms. The van der Waals surface area contributed by atoms with E-state index in [1.807, 2.05) is 13.8 Å². The minimum Gasteiger partial charge on any atom is -0.509 e. The number of carbonyl (C=O) groups is 1. The van der Waals surface area contributed by atoms with Crippen LogP contribution in [-0.4, -0.2) is 47.3 Å². The standard InChI is InChI=1S/C19H26O6S/c1-16-5-3-6-17(2)9-12(21)18(24)13(17)15(23)19(25,26-18)14(22)11(16)8-10(20)4-7-16/h9,13,15,21-25H,3-8H2,1-2H3/b14-11+. The zero-order valence-electron chi connectivity index (χ0n) is 15.0. The number of hydrogen-bond acceptors (Lipinski definition) is 7. The Labute approximate surface area is 156 Å². The summed E-state index contributed by atoms with van der Waals surface area (Å²) < 4.78 is 0. The molecule has 5 N–H and O–H groups in total. The Morgan fingerprint density at radius 1 is 1.12 bits per heavy atom. The lowest BCUT2D eigenvalue weighted by molar-refractivity contribution is -0.121. The first kappa shape index (κ1) is 18.3. The summed E-state index contributed by atoms with van der Waals surface area (Å²) in [6.45, 7) is 3.85. The Kier molecular flexibility index (Phi) is 3.73. The second-order valence-corrected chi connectivity index (χ2v) is 10.4. The molecule has 6 atom stereocenters. The minimum atomic E-state index is -2.16. The van der Waals surface area contributed by atoms with E-state index in [-0.39, 0.29) is 18.0 Å². The smallest absolute Gasteiger partial charge is 0.197 e. The third-order valence-electron chi connectivity index (χ3n) is 7.12. The molecule has 6 unspecified atom stereocenters. The maximum absolute atomic E-state index is 12.0. The summed E-state index contributed by atoms with van der Waals surface area (Å²) in [5.74, 6) is -1.57. The van der Waals surface area contributed by atoms with E-state index in [4.69, 9.17) is 0 Å². The molecule has 2 bridgehead atoms. The van der Waals surface area contributed by atoms with Gasteiger partial charge in [0.25, 0.3) is 0 Å². The SMILES string of the molecule is CC12CCCC3(C)C=C(O)C4(O)SC(O)(/C(O)=C\1CC(=O)CC2)C(O)C34. The Bertz CT molecular complexity index is 746. The summed E-state index contributed by atoms with van der Waals surface area (Å²) in [5.41, 5.74) is -0.680. The van der Waals surface area contributed by atoms with Crippen molar-refractivity contribution in [3.63, 3.8) is 0 Å². The fourth-order valence-corrected chi connectivity index (χ4v) is 7.17. The molecule has 0 aromatic rings. The quantitative estimate of drug-likeness (QED) is 0.436. The molecule has 0 radical (unpaired) electrons. The van der Waals surface area contributed by atoms with E-state index < -0.39 is 38.5 Å². The van der Waals surface area contributed by atoms with Gasteiger partial charge in [0.2, 0.25) is 0 Å². The Balaban J connectivity index is 1.92. The lowest BCUT2D eigenvalue weighted by Crippen LogP contribution is -2.48. The largest absolute Gasteiger partial charge is 0.509 e. The summed E-state index contributed by atoms with van der Waals surface area (Å²) in [6, 6.07) is 0. The van der Waals surface area contributed by atoms with Crippen molar-refractivity contribution in [2.45, 2.75) is 68.3 Å². The van der Waals surface area contributed by atoms with Crippen molar-refractivity contribution in [1.29, 1.82) is 0 Å². The number of thioether (sulfide) groups is 1. The molecule has 6 nitrogen and oxygen atoms in total. The van der Waals surface area contributed by atoms with Crippen molar-refractivity contribution < 1.29 is 30.3 Å². The predicted octanol–water partition coefficient (Wildman–Crippen LogP) is 2.30. The van der Waals surface area contributed by atoms with Crippen LogP contribution in [0, 0.1) is 16.7 Å². The van der Waals surface area contributed by atoms with E-state index in [1.54, 1.807) is 6.08 Å². The summed E-state index contributed by atoms with van der Waals surface area (Å²) in [5, 5.41) is 54.7. The van der Waals surface area contributed by atoms with Crippen molar-refractivity contribution in [1.82, 2.24) is 0 Å². The Morgan fingerprint density at radius 3 is 2.50 bits per heavy atom. The Hall–Kier alpha value is -1.02. The van der Waals surface area contributed by atoms with Crippen LogP contribution in [-0.2, 0) is 4.79 Å². The normalized spacial score (nSPS) is 54.0. The van der Waals surface area contributed by atoms with Crippen molar-refractivity contribution in [3.05, 3.63) is 23.2 Å². The second-order valence-electron chi connectivity index (χ2n) is 8.91. The molecule has 1 aliphatic heterocycles. The molecule has 0 aromatic heterocycles. The van der Waals surface area contributed by atoms with E-state index in [9.17, 15) is 30.3 Å². The number of carbonyl (C=O) groups excluding carboxylic acids is 1. The number of allylic oxidation sites excluding steroid dienone is 2. The van der Waals surface area contributed by atoms with Crippen molar-refractivity contribution >= 4 is 17.5 Å². The molecule has 0 spiro atoms. The Morgan fingerprint density at radius 2 is 1.81 bits per heavy atom. The number of aliphatic hydroxyl groups is 5. The molecule has 0 amide bonds. The van der Waals surface area contributed by atoms with Crippen molar-refractivity contribution in [2.75, 3.05) is 0 Å². The molecule has 1 saturated heterocycles. The lowest BCUT2D eigenvalue weighted by atomic mass is 9.63. The van der Waals surface area contributed by atoms with E-state index in [0.717, 1.165) is 12.8 Å². The molecule has 0 aromatic carbocycles. The summed E-state index contributed by atoms with van der Waals surface area (Å²) in [4.78, 5) is 8.03. The molecule has 4 aliphatic rings. The van der Waals surface area contributed by atoms with Crippen LogP contribution in [0.5, 0.6) is 0 Å². The number of hydrogen-bond donors (Lipinski definition) is 5. The van der Waals surface area contributed by atoms with E-state index >= 15 is 0 Å². The van der Waals surface area contributed by atoms with Crippen LogP contribution in [0.2, 0.25) is 0 Å². The molecule has 3 aliphatic carbocycles. The summed E-state index contributed by atoms with van der Waals surface area (Å²) in [6.07, 6.45) is 3.28. The topological polar surface area (TPSA) is 118 Å². The molecule has 1 heterocycles. The molecule has 144 valence electrons. The van der Waals surface area contributed by atoms with Gasteiger partial charge in [-0.2, -0.15) is 0 Å². The van der Waals surface area contributed by atoms with Gasteiger partial charge < -0.3 is 25.5 Å². The molecule has 4 rings (SSSR count). The molecule has 2 fully saturated rings. The van der Waals surface area contributed by atoms with Gasteiger partial charge in [0.05, 0.1) is 0 Å². The summed E-state index contributed by atoms with van der Waals surface area (Å²) >= 11 is 0.575. The van der Waals surface area contributed by atoms with Gasteiger partial charge in [-0.3, -0.25) is 4.79 Å². The zero-order chi connectivity index (χ0) is 19.1. The van der Waals surface area contributed by atoms with Gasteiger partial charge in [0, 0.05) is 18.8 Å². The third kappa shape index (κ3) is 2.14.